The van der Waals surface area contributed by atoms with E-state index in [4.69, 9.17) is 11.6 Å². The van der Waals surface area contributed by atoms with Gasteiger partial charge >= 0.3 is 6.18 Å². The molecule has 0 N–H and O–H groups in total. The zero-order valence-corrected chi connectivity index (χ0v) is 19.2. The first-order valence-corrected chi connectivity index (χ1v) is 11.9. The maximum Gasteiger partial charge on any atom is 0.420 e. The van der Waals surface area contributed by atoms with Crippen LogP contribution in [-0.2, 0) is 19.1 Å². The van der Waals surface area contributed by atoms with Gasteiger partial charge in [-0.1, -0.05) is 11.6 Å². The number of benzene rings is 1. The summed E-state index contributed by atoms with van der Waals surface area (Å²) in [4.78, 5) is 4.46. The number of piperazine rings is 1. The summed E-state index contributed by atoms with van der Waals surface area (Å²) < 4.78 is 57.0. The van der Waals surface area contributed by atoms with Gasteiger partial charge in [-0.25, -0.2) is 0 Å². The van der Waals surface area contributed by atoms with Crippen molar-refractivity contribution in [2.45, 2.75) is 36.9 Å². The van der Waals surface area contributed by atoms with Crippen LogP contribution in [0.1, 0.15) is 29.8 Å². The van der Waals surface area contributed by atoms with Crippen LogP contribution in [0.2, 0.25) is 5.02 Å². The van der Waals surface area contributed by atoms with Crippen molar-refractivity contribution in [3.63, 3.8) is 0 Å². The molecule has 0 amide bonds. The lowest BCUT2D eigenvalue weighted by Crippen LogP contribution is -2.46. The Morgan fingerprint density at radius 2 is 1.82 bits per heavy atom. The van der Waals surface area contributed by atoms with Crippen molar-refractivity contribution >= 4 is 35.1 Å². The Balaban J connectivity index is 1.34. The normalized spacial score (nSPS) is 17.8. The van der Waals surface area contributed by atoms with Crippen LogP contribution in [-0.4, -0.2) is 45.7 Å². The van der Waals surface area contributed by atoms with E-state index in [2.05, 4.69) is 10.2 Å². The van der Waals surface area contributed by atoms with Crippen LogP contribution in [0, 0.1) is 5.92 Å². The van der Waals surface area contributed by atoms with E-state index in [0.717, 1.165) is 18.5 Å². The zero-order valence-electron chi connectivity index (χ0n) is 17.7. The summed E-state index contributed by atoms with van der Waals surface area (Å²) in [6.45, 7) is 2.43. The van der Waals surface area contributed by atoms with Crippen LogP contribution in [0.25, 0.3) is 5.65 Å². The van der Waals surface area contributed by atoms with Gasteiger partial charge < -0.3 is 4.90 Å². The number of halogens is 5. The molecule has 5 rings (SSSR count). The minimum atomic E-state index is -4.53. The average molecular weight is 500 g/mol. The van der Waals surface area contributed by atoms with Crippen LogP contribution in [0.3, 0.4) is 0 Å². The predicted octanol–water partition coefficient (Wildman–Crippen LogP) is 5.65. The van der Waals surface area contributed by atoms with Crippen LogP contribution < -0.4 is 4.90 Å². The number of alkyl halides is 3. The predicted molar refractivity (Wildman–Crippen MR) is 120 cm³/mol. The number of nitrogens with zero attached hydrogens (tertiary/aromatic N) is 5. The lowest BCUT2D eigenvalue weighted by molar-refractivity contribution is -0.137. The molecule has 0 unspecified atom stereocenters. The third kappa shape index (κ3) is 4.79. The van der Waals surface area contributed by atoms with E-state index in [9.17, 15) is 17.1 Å². The summed E-state index contributed by atoms with van der Waals surface area (Å²) in [6.07, 6.45) is -0.0324. The molecule has 2 aromatic heterocycles. The lowest BCUT2D eigenvalue weighted by Gasteiger charge is -2.37. The number of aromatic nitrogens is 3. The minimum Gasteiger partial charge on any atom is -0.368 e. The molecule has 0 atom stereocenters. The van der Waals surface area contributed by atoms with E-state index in [0.29, 0.717) is 54.3 Å². The highest BCUT2D eigenvalue weighted by atomic mass is 35.5. The molecule has 2 aliphatic rings. The molecule has 1 aliphatic heterocycles. The molecule has 1 aliphatic carbocycles. The highest BCUT2D eigenvalue weighted by molar-refractivity contribution is 7.94. The topological polar surface area (TPSA) is 36.7 Å². The molecule has 11 heteroatoms. The molecule has 0 bridgehead atoms. The van der Waals surface area contributed by atoms with Crippen molar-refractivity contribution in [1.29, 1.82) is 0 Å². The molecule has 5 nitrogen and oxygen atoms in total. The van der Waals surface area contributed by atoms with Crippen molar-refractivity contribution in [3.05, 3.63) is 52.4 Å². The highest BCUT2D eigenvalue weighted by Gasteiger charge is 2.38. The van der Waals surface area contributed by atoms with Crippen LogP contribution in [0.4, 0.5) is 22.7 Å². The van der Waals surface area contributed by atoms with Gasteiger partial charge in [0.15, 0.2) is 5.65 Å². The second kappa shape index (κ2) is 8.96. The zero-order chi connectivity index (χ0) is 23.2. The first-order chi connectivity index (χ1) is 15.8. The molecule has 0 radical (unpaired) electrons. The van der Waals surface area contributed by atoms with Crippen molar-refractivity contribution < 1.29 is 17.1 Å². The summed E-state index contributed by atoms with van der Waals surface area (Å²) in [5.41, 5.74) is 0.103. The quantitative estimate of drug-likeness (QED) is 0.409. The molecule has 3 aromatic rings. The van der Waals surface area contributed by atoms with E-state index >= 15 is 0 Å². The van der Waals surface area contributed by atoms with E-state index in [-0.39, 0.29) is 29.9 Å². The first-order valence-electron chi connectivity index (χ1n) is 10.8. The molecule has 176 valence electrons. The molecule has 1 aromatic carbocycles. The molecule has 3 heterocycles. The van der Waals surface area contributed by atoms with Gasteiger partial charge in [0, 0.05) is 50.4 Å². The van der Waals surface area contributed by atoms with Gasteiger partial charge in [-0.05, 0) is 48.6 Å². The monoisotopic (exact) mass is 499 g/mol. The van der Waals surface area contributed by atoms with Gasteiger partial charge in [0.2, 0.25) is 0 Å². The smallest absolute Gasteiger partial charge is 0.368 e. The summed E-state index contributed by atoms with van der Waals surface area (Å²) in [7, 11) is 0. The maximum absolute atomic E-state index is 14.1. The van der Waals surface area contributed by atoms with E-state index < -0.39 is 11.7 Å². The Labute approximate surface area is 198 Å². The van der Waals surface area contributed by atoms with Gasteiger partial charge in [0.25, 0.3) is 0 Å². The SMILES string of the molecule is FSc1cc(Cl)ccc1N1CCN(Cc2ccn3c(CC4CC4)nnc3c2C(F)(F)F)CC1. The van der Waals surface area contributed by atoms with E-state index in [1.54, 1.807) is 30.5 Å². The number of anilines is 1. The number of fused-ring (bicyclic) bond motifs is 1. The Morgan fingerprint density at radius 3 is 2.48 bits per heavy atom. The number of pyridine rings is 1. The van der Waals surface area contributed by atoms with Gasteiger partial charge in [0.1, 0.15) is 11.4 Å². The van der Waals surface area contributed by atoms with Crippen LogP contribution >= 0.6 is 23.7 Å². The standard InChI is InChI=1S/C22H22ClF4N5S/c23-16-3-4-17(18(12-16)33-27)31-9-7-30(8-10-31)13-15-5-6-32-19(11-14-1-2-14)28-29-21(32)20(15)22(24,25)26/h3-6,12,14H,1-2,7-11,13H2. The molecule has 1 saturated heterocycles. The fraction of sp³-hybridized carbons (Fsp3) is 0.455. The summed E-state index contributed by atoms with van der Waals surface area (Å²) in [5, 5.41) is 8.43. The summed E-state index contributed by atoms with van der Waals surface area (Å²) >= 11 is 6.10. The fourth-order valence-corrected chi connectivity index (χ4v) is 5.09. The Bertz CT molecular complexity index is 1160. The Kier molecular flexibility index (Phi) is 6.17. The maximum atomic E-state index is 14.1. The van der Waals surface area contributed by atoms with E-state index in [1.165, 1.54) is 4.40 Å². The lowest BCUT2D eigenvalue weighted by atomic mass is 10.1. The van der Waals surface area contributed by atoms with Crippen LogP contribution in [0.5, 0.6) is 0 Å². The fourth-order valence-electron chi connectivity index (χ4n) is 4.40. The van der Waals surface area contributed by atoms with Gasteiger partial charge in [-0.2, -0.15) is 17.1 Å². The number of hydrogen-bond donors (Lipinski definition) is 0. The highest BCUT2D eigenvalue weighted by Crippen LogP contribution is 2.38. The van der Waals surface area contributed by atoms with E-state index in [1.807, 2.05) is 9.80 Å². The molecular formula is C22H22ClF4N5S. The molecule has 1 saturated carbocycles. The average Bonchev–Trinajstić information content (AvgIpc) is 3.52. The van der Waals surface area contributed by atoms with Gasteiger partial charge in [0.05, 0.1) is 22.7 Å². The largest absolute Gasteiger partial charge is 0.420 e. The number of rotatable bonds is 6. The van der Waals surface area contributed by atoms with Gasteiger partial charge in [-0.3, -0.25) is 9.30 Å². The molecule has 0 spiro atoms. The van der Waals surface area contributed by atoms with Gasteiger partial charge in [-0.15, -0.1) is 10.2 Å². The molecular weight excluding hydrogens is 478 g/mol. The molecule has 33 heavy (non-hydrogen) atoms. The minimum absolute atomic E-state index is 0.125. The van der Waals surface area contributed by atoms with Crippen molar-refractivity contribution in [1.82, 2.24) is 19.5 Å². The summed E-state index contributed by atoms with van der Waals surface area (Å²) in [5.74, 6) is 1.09. The Hall–Kier alpha value is -2.04. The molecule has 2 fully saturated rings. The van der Waals surface area contributed by atoms with Crippen molar-refractivity contribution in [2.75, 3.05) is 31.1 Å². The van der Waals surface area contributed by atoms with Crippen molar-refractivity contribution in [2.24, 2.45) is 5.92 Å². The third-order valence-corrected chi connectivity index (χ3v) is 7.03. The van der Waals surface area contributed by atoms with Crippen LogP contribution in [0.15, 0.2) is 35.4 Å². The second-order valence-electron chi connectivity index (χ2n) is 8.62. The van der Waals surface area contributed by atoms with Crippen molar-refractivity contribution in [3.8, 4) is 0 Å². The second-order valence-corrected chi connectivity index (χ2v) is 9.65. The Morgan fingerprint density at radius 1 is 1.06 bits per heavy atom. The third-order valence-electron chi connectivity index (χ3n) is 6.30. The summed E-state index contributed by atoms with van der Waals surface area (Å²) in [6, 6.07) is 6.61. The first kappa shape index (κ1) is 22.7. The number of hydrogen-bond acceptors (Lipinski definition) is 5.